The fourth-order valence-electron chi connectivity index (χ4n) is 4.42. The van der Waals surface area contributed by atoms with Gasteiger partial charge in [0.15, 0.2) is 0 Å². The van der Waals surface area contributed by atoms with Gasteiger partial charge in [-0.05, 0) is 18.6 Å². The van der Waals surface area contributed by atoms with Gasteiger partial charge < -0.3 is 4.74 Å². The molecule has 0 spiro atoms. The number of fused-ring (bicyclic) bond motifs is 5. The zero-order chi connectivity index (χ0) is 17.2. The maximum Gasteiger partial charge on any atom is 0.241 e. The molecular formula is C21H17NO3. The molecular weight excluding hydrogens is 314 g/mol. The van der Waals surface area contributed by atoms with Crippen LogP contribution >= 0.6 is 0 Å². The molecule has 0 aromatic heterocycles. The molecule has 3 aliphatic rings. The zero-order valence-electron chi connectivity index (χ0n) is 13.8. The number of nitrogens with zero attached hydrogens (tertiary/aromatic N) is 1. The minimum Gasteiger partial charge on any atom is -0.362 e. The van der Waals surface area contributed by atoms with E-state index in [9.17, 15) is 9.59 Å². The van der Waals surface area contributed by atoms with Crippen LogP contribution in [-0.2, 0) is 14.3 Å². The van der Waals surface area contributed by atoms with Crippen LogP contribution in [0.5, 0.6) is 0 Å². The van der Waals surface area contributed by atoms with Crippen LogP contribution < -0.4 is 4.90 Å². The Kier molecular flexibility index (Phi) is 2.86. The lowest BCUT2D eigenvalue weighted by atomic mass is 9.78. The SMILES string of the molecule is C[C@]12C=C[C@@H](O1)[C@H]1C(=O)N(c3ccccc3-c3ccccc3)C(=O)[C@@H]12. The smallest absolute Gasteiger partial charge is 0.241 e. The molecule has 0 aliphatic carbocycles. The maximum atomic E-state index is 13.2. The van der Waals surface area contributed by atoms with Gasteiger partial charge >= 0.3 is 0 Å². The van der Waals surface area contributed by atoms with Gasteiger partial charge in [-0.25, -0.2) is 4.90 Å². The number of carbonyl (C=O) groups excluding carboxylic acids is 2. The normalized spacial score (nSPS) is 32.5. The van der Waals surface area contributed by atoms with Crippen molar-refractivity contribution in [2.45, 2.75) is 18.6 Å². The fourth-order valence-corrected chi connectivity index (χ4v) is 4.42. The van der Waals surface area contributed by atoms with E-state index in [1.807, 2.05) is 73.7 Å². The highest BCUT2D eigenvalue weighted by Gasteiger charge is 2.66. The number of hydrogen-bond donors (Lipinski definition) is 0. The molecule has 0 N–H and O–H groups in total. The van der Waals surface area contributed by atoms with Crippen molar-refractivity contribution in [3.05, 3.63) is 66.7 Å². The van der Waals surface area contributed by atoms with Crippen LogP contribution in [0.2, 0.25) is 0 Å². The Bertz CT molecular complexity index is 920. The quantitative estimate of drug-likeness (QED) is 0.627. The number of ether oxygens (including phenoxy) is 1. The van der Waals surface area contributed by atoms with Crippen molar-refractivity contribution in [1.29, 1.82) is 0 Å². The summed E-state index contributed by atoms with van der Waals surface area (Å²) in [5.41, 5.74) is 1.86. The topological polar surface area (TPSA) is 46.6 Å². The van der Waals surface area contributed by atoms with Crippen molar-refractivity contribution in [3.63, 3.8) is 0 Å². The summed E-state index contributed by atoms with van der Waals surface area (Å²) in [5, 5.41) is 0. The first-order chi connectivity index (χ1) is 12.1. The third-order valence-electron chi connectivity index (χ3n) is 5.56. The molecule has 3 aliphatic heterocycles. The first kappa shape index (κ1) is 14.6. The van der Waals surface area contributed by atoms with Gasteiger partial charge in [-0.1, -0.05) is 60.7 Å². The molecule has 2 aromatic carbocycles. The molecule has 2 amide bonds. The summed E-state index contributed by atoms with van der Waals surface area (Å²) >= 11 is 0. The van der Waals surface area contributed by atoms with E-state index in [0.29, 0.717) is 5.69 Å². The van der Waals surface area contributed by atoms with Crippen LogP contribution in [0.4, 0.5) is 5.69 Å². The maximum absolute atomic E-state index is 13.2. The monoisotopic (exact) mass is 331 g/mol. The van der Waals surface area contributed by atoms with Gasteiger partial charge in [0.1, 0.15) is 0 Å². The van der Waals surface area contributed by atoms with E-state index < -0.39 is 17.4 Å². The molecule has 124 valence electrons. The first-order valence-corrected chi connectivity index (χ1v) is 8.49. The molecule has 0 radical (unpaired) electrons. The summed E-state index contributed by atoms with van der Waals surface area (Å²) in [6.07, 6.45) is 3.55. The highest BCUT2D eigenvalue weighted by Crippen LogP contribution is 2.52. The van der Waals surface area contributed by atoms with Crippen LogP contribution in [0.3, 0.4) is 0 Å². The molecule has 4 atom stereocenters. The largest absolute Gasteiger partial charge is 0.362 e. The molecule has 0 unspecified atom stereocenters. The number of para-hydroxylation sites is 1. The van der Waals surface area contributed by atoms with E-state index in [-0.39, 0.29) is 17.9 Å². The van der Waals surface area contributed by atoms with E-state index in [2.05, 4.69) is 0 Å². The molecule has 3 heterocycles. The van der Waals surface area contributed by atoms with Crippen molar-refractivity contribution in [1.82, 2.24) is 0 Å². The van der Waals surface area contributed by atoms with Crippen molar-refractivity contribution in [3.8, 4) is 11.1 Å². The van der Waals surface area contributed by atoms with Crippen LogP contribution in [0.25, 0.3) is 11.1 Å². The number of carbonyl (C=O) groups is 2. The second kappa shape index (κ2) is 4.90. The zero-order valence-corrected chi connectivity index (χ0v) is 13.8. The average molecular weight is 331 g/mol. The minimum atomic E-state index is -0.668. The number of hydrogen-bond acceptors (Lipinski definition) is 3. The molecule has 0 saturated carbocycles. The van der Waals surface area contributed by atoms with Crippen LogP contribution in [0, 0.1) is 11.8 Å². The van der Waals surface area contributed by atoms with Crippen LogP contribution in [0.1, 0.15) is 6.92 Å². The lowest BCUT2D eigenvalue weighted by molar-refractivity contribution is -0.126. The Labute approximate surface area is 145 Å². The lowest BCUT2D eigenvalue weighted by Gasteiger charge is -2.25. The third-order valence-corrected chi connectivity index (χ3v) is 5.56. The molecule has 25 heavy (non-hydrogen) atoms. The van der Waals surface area contributed by atoms with E-state index in [0.717, 1.165) is 11.1 Å². The second-order valence-corrected chi connectivity index (χ2v) is 7.02. The van der Waals surface area contributed by atoms with Crippen molar-refractivity contribution in [2.24, 2.45) is 11.8 Å². The van der Waals surface area contributed by atoms with E-state index >= 15 is 0 Å². The highest BCUT2D eigenvalue weighted by molar-refractivity contribution is 6.24. The minimum absolute atomic E-state index is 0.156. The number of benzene rings is 2. The molecule has 5 rings (SSSR count). The third kappa shape index (κ3) is 1.86. The number of rotatable bonds is 2. The molecule has 4 heteroatoms. The van der Waals surface area contributed by atoms with Gasteiger partial charge in [0.05, 0.1) is 29.2 Å². The Balaban J connectivity index is 1.63. The Hall–Kier alpha value is -2.72. The van der Waals surface area contributed by atoms with Gasteiger partial charge in [-0.3, -0.25) is 9.59 Å². The summed E-state index contributed by atoms with van der Waals surface area (Å²) < 4.78 is 5.89. The predicted molar refractivity (Wildman–Crippen MR) is 93.8 cm³/mol. The van der Waals surface area contributed by atoms with Crippen molar-refractivity contribution in [2.75, 3.05) is 4.90 Å². The van der Waals surface area contributed by atoms with E-state index in [1.165, 1.54) is 4.90 Å². The summed E-state index contributed by atoms with van der Waals surface area (Å²) in [6, 6.07) is 17.4. The summed E-state index contributed by atoms with van der Waals surface area (Å²) in [5.74, 6) is -1.16. The second-order valence-electron chi connectivity index (χ2n) is 7.02. The van der Waals surface area contributed by atoms with Gasteiger partial charge in [-0.2, -0.15) is 0 Å². The highest BCUT2D eigenvalue weighted by atomic mass is 16.5. The van der Waals surface area contributed by atoms with Gasteiger partial charge in [0.2, 0.25) is 11.8 Å². The number of amides is 2. The average Bonchev–Trinajstić information content (AvgIpc) is 3.24. The molecule has 2 fully saturated rings. The molecule has 4 nitrogen and oxygen atoms in total. The van der Waals surface area contributed by atoms with Crippen molar-refractivity contribution < 1.29 is 14.3 Å². The van der Waals surface area contributed by atoms with E-state index in [4.69, 9.17) is 4.74 Å². The fraction of sp³-hybridized carbons (Fsp3) is 0.238. The molecule has 2 bridgehead atoms. The molecule has 2 aromatic rings. The number of imide groups is 1. The summed E-state index contributed by atoms with van der Waals surface area (Å²) in [4.78, 5) is 27.6. The van der Waals surface area contributed by atoms with Gasteiger partial charge in [0.25, 0.3) is 0 Å². The Morgan fingerprint density at radius 1 is 0.960 bits per heavy atom. The lowest BCUT2D eigenvalue weighted by Crippen LogP contribution is -2.38. The summed E-state index contributed by atoms with van der Waals surface area (Å²) in [7, 11) is 0. The predicted octanol–water partition coefficient (Wildman–Crippen LogP) is 3.19. The molecule has 2 saturated heterocycles. The Morgan fingerprint density at radius 3 is 2.44 bits per heavy atom. The van der Waals surface area contributed by atoms with Crippen LogP contribution in [0.15, 0.2) is 66.7 Å². The van der Waals surface area contributed by atoms with E-state index in [1.54, 1.807) is 0 Å². The van der Waals surface area contributed by atoms with Crippen LogP contribution in [-0.4, -0.2) is 23.5 Å². The number of anilines is 1. The van der Waals surface area contributed by atoms with Gasteiger partial charge in [-0.15, -0.1) is 0 Å². The Morgan fingerprint density at radius 2 is 1.68 bits per heavy atom. The van der Waals surface area contributed by atoms with Crippen molar-refractivity contribution >= 4 is 17.5 Å². The standard InChI is InChI=1S/C21H17NO3/c1-21-12-11-16(25-21)17-18(21)20(24)22(19(17)23)15-10-6-5-9-14(15)13-7-3-2-4-8-13/h2-12,16-18H,1H3/t16-,17-,18-,21-/m1/s1. The first-order valence-electron chi connectivity index (χ1n) is 8.49. The summed E-state index contributed by atoms with van der Waals surface area (Å²) in [6.45, 7) is 1.89. The van der Waals surface area contributed by atoms with Gasteiger partial charge in [0, 0.05) is 5.56 Å².